The molecule has 0 amide bonds. The SMILES string of the molecule is CCCc1nnsc1C(O)C1CCOCC1. The molecule has 1 fully saturated rings. The van der Waals surface area contributed by atoms with Gasteiger partial charge >= 0.3 is 0 Å². The quantitative estimate of drug-likeness (QED) is 0.876. The number of hydrogen-bond acceptors (Lipinski definition) is 5. The van der Waals surface area contributed by atoms with Crippen molar-refractivity contribution in [2.75, 3.05) is 13.2 Å². The summed E-state index contributed by atoms with van der Waals surface area (Å²) in [6, 6.07) is 0. The summed E-state index contributed by atoms with van der Waals surface area (Å²) in [4.78, 5) is 0.966. The van der Waals surface area contributed by atoms with Gasteiger partial charge in [-0.2, -0.15) is 0 Å². The number of ether oxygens (including phenoxy) is 1. The molecule has 1 unspecified atom stereocenters. The second kappa shape index (κ2) is 5.70. The maximum absolute atomic E-state index is 10.3. The van der Waals surface area contributed by atoms with E-state index in [0.29, 0.717) is 5.92 Å². The molecule has 1 aromatic heterocycles. The van der Waals surface area contributed by atoms with Gasteiger partial charge in [0.15, 0.2) is 0 Å². The van der Waals surface area contributed by atoms with Crippen LogP contribution in [0.2, 0.25) is 0 Å². The zero-order valence-electron chi connectivity index (χ0n) is 9.56. The lowest BCUT2D eigenvalue weighted by Crippen LogP contribution is -2.22. The van der Waals surface area contributed by atoms with Crippen molar-refractivity contribution < 1.29 is 9.84 Å². The second-order valence-corrected chi connectivity index (χ2v) is 5.01. The number of hydrogen-bond donors (Lipinski definition) is 1. The normalized spacial score (nSPS) is 19.9. The summed E-state index contributed by atoms with van der Waals surface area (Å²) in [7, 11) is 0. The average molecular weight is 242 g/mol. The van der Waals surface area contributed by atoms with Crippen molar-refractivity contribution in [3.63, 3.8) is 0 Å². The van der Waals surface area contributed by atoms with Crippen LogP contribution in [0.4, 0.5) is 0 Å². The fraction of sp³-hybridized carbons (Fsp3) is 0.818. The second-order valence-electron chi connectivity index (χ2n) is 4.23. The van der Waals surface area contributed by atoms with Crippen LogP contribution in [0, 0.1) is 5.92 Å². The first-order valence-corrected chi connectivity index (χ1v) is 6.67. The van der Waals surface area contributed by atoms with Gasteiger partial charge in [0.25, 0.3) is 0 Å². The Kier molecular flexibility index (Phi) is 4.26. The number of aromatic nitrogens is 2. The molecule has 1 atom stereocenters. The van der Waals surface area contributed by atoms with Gasteiger partial charge in [-0.15, -0.1) is 5.10 Å². The van der Waals surface area contributed by atoms with Crippen molar-refractivity contribution in [2.45, 2.75) is 38.7 Å². The molecule has 5 heteroatoms. The van der Waals surface area contributed by atoms with E-state index >= 15 is 0 Å². The van der Waals surface area contributed by atoms with E-state index in [4.69, 9.17) is 4.74 Å². The van der Waals surface area contributed by atoms with Crippen LogP contribution in [0.3, 0.4) is 0 Å². The van der Waals surface area contributed by atoms with E-state index in [1.54, 1.807) is 0 Å². The van der Waals surface area contributed by atoms with Crippen molar-refractivity contribution >= 4 is 11.5 Å². The molecule has 1 N–H and O–H groups in total. The lowest BCUT2D eigenvalue weighted by Gasteiger charge is -2.26. The highest BCUT2D eigenvalue weighted by Gasteiger charge is 2.27. The molecule has 1 aromatic rings. The van der Waals surface area contributed by atoms with Gasteiger partial charge in [0.1, 0.15) is 0 Å². The highest BCUT2D eigenvalue weighted by molar-refractivity contribution is 7.05. The van der Waals surface area contributed by atoms with Crippen molar-refractivity contribution in [3.8, 4) is 0 Å². The van der Waals surface area contributed by atoms with Crippen LogP contribution in [-0.4, -0.2) is 27.9 Å². The van der Waals surface area contributed by atoms with E-state index in [1.165, 1.54) is 11.5 Å². The first kappa shape index (κ1) is 12.0. The van der Waals surface area contributed by atoms with Gasteiger partial charge in [0.2, 0.25) is 0 Å². The van der Waals surface area contributed by atoms with Gasteiger partial charge in [-0.3, -0.25) is 0 Å². The molecular weight excluding hydrogens is 224 g/mol. The maximum Gasteiger partial charge on any atom is 0.0946 e. The minimum absolute atomic E-state index is 0.312. The largest absolute Gasteiger partial charge is 0.387 e. The Morgan fingerprint density at radius 1 is 1.50 bits per heavy atom. The Bertz CT molecular complexity index is 324. The van der Waals surface area contributed by atoms with Crippen molar-refractivity contribution in [2.24, 2.45) is 5.92 Å². The van der Waals surface area contributed by atoms with Crippen molar-refractivity contribution in [1.82, 2.24) is 9.59 Å². The van der Waals surface area contributed by atoms with Gasteiger partial charge in [0.05, 0.1) is 16.7 Å². The van der Waals surface area contributed by atoms with Gasteiger partial charge in [-0.1, -0.05) is 17.8 Å². The zero-order valence-corrected chi connectivity index (χ0v) is 10.4. The predicted octanol–water partition coefficient (Wildman–Crippen LogP) is 1.95. The fourth-order valence-corrected chi connectivity index (χ4v) is 2.87. The Hall–Kier alpha value is -0.520. The third-order valence-corrected chi connectivity index (χ3v) is 3.89. The molecule has 1 aliphatic heterocycles. The minimum Gasteiger partial charge on any atom is -0.387 e. The van der Waals surface area contributed by atoms with E-state index < -0.39 is 6.10 Å². The van der Waals surface area contributed by atoms with Crippen LogP contribution in [-0.2, 0) is 11.2 Å². The molecule has 1 aliphatic rings. The Labute approximate surface area is 99.8 Å². The molecule has 2 rings (SSSR count). The van der Waals surface area contributed by atoms with Gasteiger partial charge in [0, 0.05) is 13.2 Å². The lowest BCUT2D eigenvalue weighted by atomic mass is 9.92. The number of aryl methyl sites for hydroxylation is 1. The third kappa shape index (κ3) is 2.59. The summed E-state index contributed by atoms with van der Waals surface area (Å²) >= 11 is 1.34. The highest BCUT2D eigenvalue weighted by Crippen LogP contribution is 2.33. The van der Waals surface area contributed by atoms with E-state index in [9.17, 15) is 5.11 Å². The molecular formula is C11H18N2O2S. The minimum atomic E-state index is -0.398. The fourth-order valence-electron chi connectivity index (χ4n) is 2.10. The smallest absolute Gasteiger partial charge is 0.0946 e. The zero-order chi connectivity index (χ0) is 11.4. The monoisotopic (exact) mass is 242 g/mol. The molecule has 0 aromatic carbocycles. The van der Waals surface area contributed by atoms with E-state index in [2.05, 4.69) is 16.5 Å². The standard InChI is InChI=1S/C11H18N2O2S/c1-2-3-9-11(16-13-12-9)10(14)8-4-6-15-7-5-8/h8,10,14H,2-7H2,1H3. The molecule has 90 valence electrons. The first-order chi connectivity index (χ1) is 7.83. The molecule has 0 bridgehead atoms. The molecule has 2 heterocycles. The Morgan fingerprint density at radius 3 is 2.94 bits per heavy atom. The summed E-state index contributed by atoms with van der Waals surface area (Å²) in [6.45, 7) is 3.64. The van der Waals surface area contributed by atoms with Gasteiger partial charge in [-0.25, -0.2) is 0 Å². The molecule has 4 nitrogen and oxygen atoms in total. The number of nitrogens with zero attached hydrogens (tertiary/aromatic N) is 2. The van der Waals surface area contributed by atoms with Crippen molar-refractivity contribution in [1.29, 1.82) is 0 Å². The van der Waals surface area contributed by atoms with Gasteiger partial charge < -0.3 is 9.84 Å². The Morgan fingerprint density at radius 2 is 2.25 bits per heavy atom. The van der Waals surface area contributed by atoms with Crippen LogP contribution in [0.25, 0.3) is 0 Å². The predicted molar refractivity (Wildman–Crippen MR) is 62.4 cm³/mol. The molecule has 16 heavy (non-hydrogen) atoms. The van der Waals surface area contributed by atoms with E-state index in [-0.39, 0.29) is 0 Å². The lowest BCUT2D eigenvalue weighted by molar-refractivity contribution is 0.00815. The van der Waals surface area contributed by atoms with Crippen LogP contribution in [0.15, 0.2) is 0 Å². The van der Waals surface area contributed by atoms with Crippen LogP contribution >= 0.6 is 11.5 Å². The first-order valence-electron chi connectivity index (χ1n) is 5.90. The number of aliphatic hydroxyl groups is 1. The molecule has 0 aliphatic carbocycles. The summed E-state index contributed by atoms with van der Waals surface area (Å²) < 4.78 is 9.26. The molecule has 0 saturated carbocycles. The van der Waals surface area contributed by atoms with E-state index in [0.717, 1.165) is 49.5 Å². The Balaban J connectivity index is 2.06. The average Bonchev–Trinajstić information content (AvgIpc) is 2.78. The summed E-state index contributed by atoms with van der Waals surface area (Å²) in [5.74, 6) is 0.312. The third-order valence-electron chi connectivity index (χ3n) is 3.05. The van der Waals surface area contributed by atoms with Gasteiger partial charge in [-0.05, 0) is 36.7 Å². The van der Waals surface area contributed by atoms with Crippen LogP contribution in [0.5, 0.6) is 0 Å². The number of aliphatic hydroxyl groups excluding tert-OH is 1. The molecule has 1 saturated heterocycles. The van der Waals surface area contributed by atoms with E-state index in [1.807, 2.05) is 0 Å². The summed E-state index contributed by atoms with van der Waals surface area (Å²) in [5, 5.41) is 14.4. The molecule has 0 radical (unpaired) electrons. The topological polar surface area (TPSA) is 55.2 Å². The summed E-state index contributed by atoms with van der Waals surface area (Å²) in [5.41, 5.74) is 0.978. The maximum atomic E-state index is 10.3. The van der Waals surface area contributed by atoms with Crippen LogP contribution < -0.4 is 0 Å². The van der Waals surface area contributed by atoms with Crippen molar-refractivity contribution in [3.05, 3.63) is 10.6 Å². The molecule has 0 spiro atoms. The summed E-state index contributed by atoms with van der Waals surface area (Å²) in [6.07, 6.45) is 3.42. The highest BCUT2D eigenvalue weighted by atomic mass is 32.1. The van der Waals surface area contributed by atoms with Crippen LogP contribution in [0.1, 0.15) is 42.9 Å². The number of rotatable bonds is 4.